The molecule has 7 rings (SSSR count). The van der Waals surface area contributed by atoms with E-state index < -0.39 is 0 Å². The zero-order valence-corrected chi connectivity index (χ0v) is 18.9. The van der Waals surface area contributed by atoms with Gasteiger partial charge in [0.15, 0.2) is 0 Å². The van der Waals surface area contributed by atoms with E-state index in [1.165, 1.54) is 12.8 Å². The molecule has 0 N–H and O–H groups in total. The van der Waals surface area contributed by atoms with Crippen molar-refractivity contribution in [1.82, 2.24) is 29.4 Å². The highest BCUT2D eigenvalue weighted by Gasteiger charge is 2.35. The third-order valence-electron chi connectivity index (χ3n) is 7.24. The number of pyridine rings is 1. The lowest BCUT2D eigenvalue weighted by atomic mass is 9.98. The first-order valence-electron chi connectivity index (χ1n) is 12.1. The van der Waals surface area contributed by atoms with Gasteiger partial charge < -0.3 is 4.90 Å². The summed E-state index contributed by atoms with van der Waals surface area (Å²) in [7, 11) is 1.94. The standard InChI is InChI=1S/C25H27N7O/c1-30-12-19-16-9-18-21(26-10-16)11-27-25(18)20-13-31(29-24(20)15-4-5-15)8-2-3-23(33)32(17-6-7-17)14-22(19)28-30/h9-10,12-13,15,17H,2-8,11,14H2,1H3. The van der Waals surface area contributed by atoms with Crippen molar-refractivity contribution in [3.05, 3.63) is 52.9 Å². The maximum atomic E-state index is 13.2. The maximum absolute atomic E-state index is 13.2. The van der Waals surface area contributed by atoms with Crippen LogP contribution in [0.1, 0.15) is 72.7 Å². The fourth-order valence-electron chi connectivity index (χ4n) is 5.23. The molecule has 4 bridgehead atoms. The first kappa shape index (κ1) is 19.2. The Morgan fingerprint density at radius 2 is 1.88 bits per heavy atom. The Hall–Kier alpha value is -3.29. The summed E-state index contributed by atoms with van der Waals surface area (Å²) in [5.74, 6) is 0.747. The fraction of sp³-hybridized carbons (Fsp3) is 0.480. The number of aryl methyl sites for hydroxylation is 2. The number of hydrogen-bond donors (Lipinski definition) is 0. The Labute approximate surface area is 192 Å². The van der Waals surface area contributed by atoms with E-state index in [1.807, 2.05) is 33.7 Å². The molecule has 5 heterocycles. The average Bonchev–Trinajstić information content (AvgIpc) is 3.72. The van der Waals surface area contributed by atoms with Gasteiger partial charge >= 0.3 is 0 Å². The number of fused-ring (bicyclic) bond motifs is 6. The second-order valence-corrected chi connectivity index (χ2v) is 9.87. The number of aromatic nitrogens is 5. The lowest BCUT2D eigenvalue weighted by molar-refractivity contribution is -0.132. The van der Waals surface area contributed by atoms with Gasteiger partial charge in [0.2, 0.25) is 5.91 Å². The van der Waals surface area contributed by atoms with Gasteiger partial charge in [0, 0.05) is 72.8 Å². The second-order valence-electron chi connectivity index (χ2n) is 9.87. The van der Waals surface area contributed by atoms with E-state index in [0.717, 1.165) is 70.9 Å². The normalized spacial score (nSPS) is 20.3. The van der Waals surface area contributed by atoms with Crippen molar-refractivity contribution in [2.24, 2.45) is 12.0 Å². The van der Waals surface area contributed by atoms with Gasteiger partial charge in [-0.2, -0.15) is 10.2 Å². The Morgan fingerprint density at radius 1 is 1.00 bits per heavy atom. The number of carbonyl (C=O) groups excluding carboxylic acids is 1. The second kappa shape index (κ2) is 7.10. The van der Waals surface area contributed by atoms with Crippen LogP contribution in [0.15, 0.2) is 29.6 Å². The predicted octanol–water partition coefficient (Wildman–Crippen LogP) is 3.19. The number of hydrogen-bond acceptors (Lipinski definition) is 5. The summed E-state index contributed by atoms with van der Waals surface area (Å²) in [5, 5.41) is 9.70. The average molecular weight is 442 g/mol. The van der Waals surface area contributed by atoms with Crippen molar-refractivity contribution < 1.29 is 4.79 Å². The summed E-state index contributed by atoms with van der Waals surface area (Å²) < 4.78 is 3.88. The van der Waals surface area contributed by atoms with Crippen LogP contribution in [0.3, 0.4) is 0 Å². The van der Waals surface area contributed by atoms with Crippen molar-refractivity contribution in [3.63, 3.8) is 0 Å². The molecule has 2 saturated carbocycles. The minimum absolute atomic E-state index is 0.219. The van der Waals surface area contributed by atoms with Gasteiger partial charge in [-0.25, -0.2) is 0 Å². The maximum Gasteiger partial charge on any atom is 0.223 e. The molecule has 4 aliphatic rings. The number of rotatable bonds is 2. The van der Waals surface area contributed by atoms with Crippen molar-refractivity contribution in [1.29, 1.82) is 0 Å². The molecule has 3 aromatic heterocycles. The molecule has 2 aliphatic heterocycles. The molecule has 33 heavy (non-hydrogen) atoms. The van der Waals surface area contributed by atoms with E-state index in [9.17, 15) is 4.79 Å². The molecule has 0 radical (unpaired) electrons. The van der Waals surface area contributed by atoms with E-state index in [-0.39, 0.29) is 5.91 Å². The summed E-state index contributed by atoms with van der Waals surface area (Å²) in [5.41, 5.74) is 8.46. The summed E-state index contributed by atoms with van der Waals surface area (Å²) in [6.45, 7) is 1.91. The highest BCUT2D eigenvalue weighted by Crippen LogP contribution is 2.42. The van der Waals surface area contributed by atoms with Gasteiger partial charge in [-0.15, -0.1) is 0 Å². The molecule has 1 amide bonds. The van der Waals surface area contributed by atoms with Gasteiger partial charge in [-0.3, -0.25) is 24.1 Å². The minimum Gasteiger partial charge on any atom is -0.334 e. The van der Waals surface area contributed by atoms with Crippen LogP contribution in [0.25, 0.3) is 11.1 Å². The largest absolute Gasteiger partial charge is 0.334 e. The third kappa shape index (κ3) is 3.31. The molecular formula is C25H27N7O. The molecule has 8 heteroatoms. The number of aliphatic imine (C=N–C) groups is 1. The Bertz CT molecular complexity index is 1310. The molecular weight excluding hydrogens is 414 g/mol. The minimum atomic E-state index is 0.219. The molecule has 3 aromatic rings. The molecule has 0 aromatic carbocycles. The molecule has 168 valence electrons. The van der Waals surface area contributed by atoms with Gasteiger partial charge in [0.25, 0.3) is 0 Å². The molecule has 8 nitrogen and oxygen atoms in total. The first-order valence-corrected chi connectivity index (χ1v) is 12.1. The molecule has 0 atom stereocenters. The Balaban J connectivity index is 1.38. The van der Waals surface area contributed by atoms with Crippen LogP contribution < -0.4 is 0 Å². The highest BCUT2D eigenvalue weighted by molar-refractivity contribution is 6.16. The van der Waals surface area contributed by atoms with Crippen LogP contribution >= 0.6 is 0 Å². The van der Waals surface area contributed by atoms with Gasteiger partial charge in [0.05, 0.1) is 35.9 Å². The van der Waals surface area contributed by atoms with Gasteiger partial charge in [0.1, 0.15) is 0 Å². The lowest BCUT2D eigenvalue weighted by Crippen LogP contribution is -2.33. The van der Waals surface area contributed by atoms with Crippen LogP contribution in [0.4, 0.5) is 0 Å². The van der Waals surface area contributed by atoms with Crippen LogP contribution in [0.2, 0.25) is 0 Å². The van der Waals surface area contributed by atoms with Crippen molar-refractivity contribution >= 4 is 11.6 Å². The van der Waals surface area contributed by atoms with E-state index in [1.54, 1.807) is 0 Å². The molecule has 0 unspecified atom stereocenters. The zero-order chi connectivity index (χ0) is 22.1. The van der Waals surface area contributed by atoms with Crippen molar-refractivity contribution in [2.75, 3.05) is 0 Å². The SMILES string of the molecule is Cn1cc2c(n1)CN(C1CC1)C(=O)CCCn1cc(c(C3CC3)n1)C1=NCc3ncc-2cc31. The van der Waals surface area contributed by atoms with Crippen LogP contribution in [0.5, 0.6) is 0 Å². The quantitative estimate of drug-likeness (QED) is 0.612. The number of nitrogens with zero attached hydrogens (tertiary/aromatic N) is 7. The van der Waals surface area contributed by atoms with Gasteiger partial charge in [-0.1, -0.05) is 0 Å². The summed E-state index contributed by atoms with van der Waals surface area (Å²) in [6, 6.07) is 2.56. The summed E-state index contributed by atoms with van der Waals surface area (Å²) in [4.78, 5) is 25.0. The third-order valence-corrected chi connectivity index (χ3v) is 7.24. The number of amides is 1. The predicted molar refractivity (Wildman–Crippen MR) is 123 cm³/mol. The summed E-state index contributed by atoms with van der Waals surface area (Å²) >= 11 is 0. The van der Waals surface area contributed by atoms with Crippen molar-refractivity contribution in [3.8, 4) is 11.1 Å². The fourth-order valence-corrected chi connectivity index (χ4v) is 5.23. The first-order chi connectivity index (χ1) is 16.1. The van der Waals surface area contributed by atoms with E-state index in [0.29, 0.717) is 31.5 Å². The monoisotopic (exact) mass is 441 g/mol. The lowest BCUT2D eigenvalue weighted by Gasteiger charge is -2.22. The molecule has 2 fully saturated rings. The smallest absolute Gasteiger partial charge is 0.223 e. The topological polar surface area (TPSA) is 81.2 Å². The van der Waals surface area contributed by atoms with E-state index in [4.69, 9.17) is 20.2 Å². The van der Waals surface area contributed by atoms with Crippen molar-refractivity contribution in [2.45, 2.75) is 70.1 Å². The van der Waals surface area contributed by atoms with E-state index in [2.05, 4.69) is 12.3 Å². The molecule has 0 saturated heterocycles. The Kier molecular flexibility index (Phi) is 4.13. The van der Waals surface area contributed by atoms with Crippen LogP contribution in [0, 0.1) is 0 Å². The highest BCUT2D eigenvalue weighted by atomic mass is 16.2. The molecule has 2 aliphatic carbocycles. The molecule has 0 spiro atoms. The Morgan fingerprint density at radius 3 is 2.70 bits per heavy atom. The van der Waals surface area contributed by atoms with Crippen LogP contribution in [-0.2, 0) is 31.5 Å². The van der Waals surface area contributed by atoms with E-state index >= 15 is 0 Å². The summed E-state index contributed by atoms with van der Waals surface area (Å²) in [6.07, 6.45) is 12.0. The number of carbonyl (C=O) groups is 1. The zero-order valence-electron chi connectivity index (χ0n) is 18.9. The van der Waals surface area contributed by atoms with Crippen LogP contribution in [-0.4, -0.2) is 47.1 Å². The van der Waals surface area contributed by atoms with Gasteiger partial charge in [-0.05, 0) is 38.2 Å².